The molecule has 7 aromatic rings. The fraction of sp³-hybridized carbons (Fsp3) is 0.271. The van der Waals surface area contributed by atoms with Crippen molar-refractivity contribution in [3.05, 3.63) is 136 Å². The highest BCUT2D eigenvalue weighted by molar-refractivity contribution is 5.96. The number of para-hydroxylation sites is 1. The van der Waals surface area contributed by atoms with Crippen LogP contribution in [0.2, 0.25) is 0 Å². The molecule has 0 saturated carbocycles. The number of fused-ring (bicyclic) bond motifs is 1. The van der Waals surface area contributed by atoms with Crippen LogP contribution in [0.25, 0.3) is 61.8 Å². The lowest BCUT2D eigenvalue weighted by Crippen LogP contribution is -2.17. The Kier molecular flexibility index (Phi) is 8.89. The molecular weight excluding hydrogens is 649 g/mol. The van der Waals surface area contributed by atoms with E-state index >= 15 is 0 Å². The third-order valence-corrected chi connectivity index (χ3v) is 10.4. The highest BCUT2D eigenvalue weighted by Gasteiger charge is 2.29. The lowest BCUT2D eigenvalue weighted by molar-refractivity contribution is 0.446. The molecule has 0 radical (unpaired) electrons. The van der Waals surface area contributed by atoms with Gasteiger partial charge in [-0.05, 0) is 127 Å². The van der Waals surface area contributed by atoms with Gasteiger partial charge in [-0.15, -0.1) is 0 Å². The van der Waals surface area contributed by atoms with Crippen molar-refractivity contribution >= 4 is 11.0 Å². The molecule has 7 rings (SSSR count). The second kappa shape index (κ2) is 13.1. The number of pyridine rings is 2. The van der Waals surface area contributed by atoms with Crippen LogP contribution in [0.4, 0.5) is 0 Å². The van der Waals surface area contributed by atoms with Crippen molar-refractivity contribution < 1.29 is 5.11 Å². The van der Waals surface area contributed by atoms with Crippen LogP contribution in [-0.4, -0.2) is 24.6 Å². The second-order valence-corrected chi connectivity index (χ2v) is 16.7. The number of phenols is 1. The zero-order valence-corrected chi connectivity index (χ0v) is 33.0. The molecule has 1 N–H and O–H groups in total. The lowest BCUT2D eigenvalue weighted by atomic mass is 9.79. The Bertz CT molecular complexity index is 2480. The number of phenolic OH excluding ortho intramolecular Hbond substituents is 1. The maximum atomic E-state index is 12.2. The maximum absolute atomic E-state index is 12.2. The fourth-order valence-corrected chi connectivity index (χ4v) is 7.82. The molecule has 0 atom stereocenters. The van der Waals surface area contributed by atoms with Crippen molar-refractivity contribution in [2.45, 2.75) is 87.0 Å². The Morgan fingerprint density at radius 1 is 0.604 bits per heavy atom. The number of benzene rings is 4. The first-order valence-electron chi connectivity index (χ1n) is 18.5. The molecule has 0 saturated heterocycles. The Labute approximate surface area is 314 Å². The highest BCUT2D eigenvalue weighted by Crippen LogP contribution is 2.45. The van der Waals surface area contributed by atoms with Gasteiger partial charge in [0.05, 0.1) is 28.2 Å². The molecule has 0 aliphatic heterocycles. The SMILES string of the molecule is Cc1cc(C)c(-c2cc(-c3ccccn3)cc(-c3nccc4c3nc(-c3cc(C(C)(C)C)cc(C(C)(C)C)c3O)n4-c3c(C)cccc3C)c2)c(C)c1. The van der Waals surface area contributed by atoms with E-state index in [1.165, 1.54) is 22.3 Å². The maximum Gasteiger partial charge on any atom is 0.149 e. The van der Waals surface area contributed by atoms with Crippen LogP contribution in [0.3, 0.4) is 0 Å². The zero-order valence-electron chi connectivity index (χ0n) is 33.0. The molecule has 5 nitrogen and oxygen atoms in total. The van der Waals surface area contributed by atoms with Crippen molar-refractivity contribution in [1.29, 1.82) is 0 Å². The summed E-state index contributed by atoms with van der Waals surface area (Å²) in [6.07, 6.45) is 3.72. The van der Waals surface area contributed by atoms with Crippen LogP contribution >= 0.6 is 0 Å². The van der Waals surface area contributed by atoms with Crippen molar-refractivity contribution in [2.24, 2.45) is 0 Å². The molecule has 0 aliphatic carbocycles. The first-order chi connectivity index (χ1) is 25.0. The molecule has 4 aromatic carbocycles. The monoisotopic (exact) mass is 698 g/mol. The summed E-state index contributed by atoms with van der Waals surface area (Å²) in [4.78, 5) is 15.3. The van der Waals surface area contributed by atoms with Crippen LogP contribution in [0, 0.1) is 34.6 Å². The first-order valence-corrected chi connectivity index (χ1v) is 18.5. The molecule has 0 amide bonds. The molecule has 3 heterocycles. The van der Waals surface area contributed by atoms with E-state index < -0.39 is 0 Å². The number of aromatic nitrogens is 4. The Morgan fingerprint density at radius 3 is 1.89 bits per heavy atom. The molecule has 0 aliphatic rings. The smallest absolute Gasteiger partial charge is 0.149 e. The van der Waals surface area contributed by atoms with Gasteiger partial charge < -0.3 is 5.11 Å². The van der Waals surface area contributed by atoms with Crippen molar-refractivity contribution in [1.82, 2.24) is 19.5 Å². The number of aromatic hydroxyl groups is 1. The van der Waals surface area contributed by atoms with Gasteiger partial charge in [0.15, 0.2) is 0 Å². The molecule has 53 heavy (non-hydrogen) atoms. The second-order valence-electron chi connectivity index (χ2n) is 16.7. The van der Waals surface area contributed by atoms with Crippen LogP contribution in [0.5, 0.6) is 5.75 Å². The van der Waals surface area contributed by atoms with Gasteiger partial charge in [0.2, 0.25) is 0 Å². The Morgan fingerprint density at radius 2 is 1.26 bits per heavy atom. The number of nitrogens with zero attached hydrogens (tertiary/aromatic N) is 4. The summed E-state index contributed by atoms with van der Waals surface area (Å²) in [5, 5.41) is 12.2. The van der Waals surface area contributed by atoms with Gasteiger partial charge in [0, 0.05) is 29.1 Å². The Hall–Kier alpha value is -5.55. The Balaban J connectivity index is 1.60. The van der Waals surface area contributed by atoms with E-state index in [2.05, 4.69) is 147 Å². The van der Waals surface area contributed by atoms with Crippen molar-refractivity contribution in [3.63, 3.8) is 0 Å². The summed E-state index contributed by atoms with van der Waals surface area (Å²) < 4.78 is 2.23. The van der Waals surface area contributed by atoms with Gasteiger partial charge in [-0.25, -0.2) is 4.98 Å². The summed E-state index contributed by atoms with van der Waals surface area (Å²) in [7, 11) is 0. The molecule has 3 aromatic heterocycles. The third kappa shape index (κ3) is 6.54. The van der Waals surface area contributed by atoms with E-state index in [-0.39, 0.29) is 16.6 Å². The van der Waals surface area contributed by atoms with Crippen molar-refractivity contribution in [2.75, 3.05) is 0 Å². The molecule has 0 spiro atoms. The standard InChI is InChI=1S/C48H50N4O/c1-28-21-31(4)41(32(5)22-28)34-23-33(39-17-12-13-19-49-39)24-35(25-34)42-43-40(18-20-50-42)52(44-29(2)15-14-16-30(44)3)46(51-43)37-26-36(47(6,7)8)27-38(45(37)53)48(9,10)11/h12-27,53H,1-11H3. The van der Waals surface area contributed by atoms with Gasteiger partial charge in [-0.2, -0.15) is 0 Å². The molecule has 268 valence electrons. The average molecular weight is 699 g/mol. The lowest BCUT2D eigenvalue weighted by Gasteiger charge is -2.27. The van der Waals surface area contributed by atoms with Gasteiger partial charge in [0.25, 0.3) is 0 Å². The number of aryl methyl sites for hydroxylation is 5. The number of imidazole rings is 1. The van der Waals surface area contributed by atoms with Gasteiger partial charge in [-0.1, -0.05) is 89.6 Å². The van der Waals surface area contributed by atoms with Gasteiger partial charge in [0.1, 0.15) is 17.1 Å². The third-order valence-electron chi connectivity index (χ3n) is 10.4. The molecule has 0 bridgehead atoms. The average Bonchev–Trinajstić information content (AvgIpc) is 3.46. The molecule has 0 unspecified atom stereocenters. The summed E-state index contributed by atoms with van der Waals surface area (Å²) in [5.41, 5.74) is 16.9. The molecular formula is C48H50N4O. The quantitative estimate of drug-likeness (QED) is 0.194. The van der Waals surface area contributed by atoms with Crippen LogP contribution in [-0.2, 0) is 10.8 Å². The topological polar surface area (TPSA) is 63.8 Å². The predicted molar refractivity (Wildman–Crippen MR) is 221 cm³/mol. The number of hydrogen-bond acceptors (Lipinski definition) is 4. The van der Waals surface area contributed by atoms with E-state index in [4.69, 9.17) is 15.0 Å². The van der Waals surface area contributed by atoms with Crippen LogP contribution in [0.1, 0.15) is 80.5 Å². The minimum absolute atomic E-state index is 0.154. The minimum atomic E-state index is -0.295. The van der Waals surface area contributed by atoms with E-state index in [1.54, 1.807) is 0 Å². The van der Waals surface area contributed by atoms with Crippen LogP contribution < -0.4 is 0 Å². The van der Waals surface area contributed by atoms with E-state index in [0.29, 0.717) is 11.4 Å². The largest absolute Gasteiger partial charge is 0.507 e. The van der Waals surface area contributed by atoms with E-state index in [9.17, 15) is 5.11 Å². The molecule has 5 heteroatoms. The highest BCUT2D eigenvalue weighted by atomic mass is 16.3. The van der Waals surface area contributed by atoms with Gasteiger partial charge in [-0.3, -0.25) is 14.5 Å². The summed E-state index contributed by atoms with van der Waals surface area (Å²) in [5.74, 6) is 0.944. The number of rotatable bonds is 5. The normalized spacial score (nSPS) is 12.1. The van der Waals surface area contributed by atoms with Crippen LogP contribution in [0.15, 0.2) is 97.3 Å². The van der Waals surface area contributed by atoms with E-state index in [0.717, 1.165) is 67.1 Å². The first kappa shape index (κ1) is 35.8. The summed E-state index contributed by atoms with van der Waals surface area (Å²) in [6, 6.07) is 29.9. The minimum Gasteiger partial charge on any atom is -0.507 e. The number of hydrogen-bond donors (Lipinski definition) is 1. The zero-order chi connectivity index (χ0) is 38.0. The molecule has 0 fully saturated rings. The summed E-state index contributed by atoms with van der Waals surface area (Å²) >= 11 is 0. The predicted octanol–water partition coefficient (Wildman–Crippen LogP) is 12.3. The van der Waals surface area contributed by atoms with E-state index in [1.807, 2.05) is 30.6 Å². The fourth-order valence-electron chi connectivity index (χ4n) is 7.82. The summed E-state index contributed by atoms with van der Waals surface area (Å²) in [6.45, 7) is 23.9. The van der Waals surface area contributed by atoms with Crippen molar-refractivity contribution in [3.8, 4) is 56.5 Å². The van der Waals surface area contributed by atoms with Gasteiger partial charge >= 0.3 is 0 Å².